The van der Waals surface area contributed by atoms with E-state index >= 15 is 0 Å². The zero-order chi connectivity index (χ0) is 20.3. The summed E-state index contributed by atoms with van der Waals surface area (Å²) in [6.07, 6.45) is 6.29. The van der Waals surface area contributed by atoms with E-state index in [1.54, 1.807) is 18.1 Å². The highest BCUT2D eigenvalue weighted by Crippen LogP contribution is 2.49. The molecule has 0 saturated heterocycles. The quantitative estimate of drug-likeness (QED) is 0.521. The van der Waals surface area contributed by atoms with Gasteiger partial charge in [-0.2, -0.15) is 0 Å². The molecule has 1 aromatic rings. The molecule has 2 N–H and O–H groups in total. The standard InChI is InChI=1S/C20H29N5O2S/c1-20(2)10-13(21-9-7-5-6-8-15(26)27)17-14(11-20)24-16-18(25(3)4)22-12-23-19(16)28-17/h12,24H,5-11H2,1-4H3,(H,26,27). The summed E-state index contributed by atoms with van der Waals surface area (Å²) in [5, 5.41) is 13.3. The monoisotopic (exact) mass is 403 g/mol. The van der Waals surface area contributed by atoms with Crippen molar-refractivity contribution in [3.63, 3.8) is 0 Å². The van der Waals surface area contributed by atoms with E-state index in [0.717, 1.165) is 54.5 Å². The Hall–Kier alpha value is -2.09. The molecule has 0 spiro atoms. The number of nitrogens with one attached hydrogen (secondary N) is 1. The van der Waals surface area contributed by atoms with Crippen LogP contribution >= 0.6 is 11.8 Å². The fraction of sp³-hybridized carbons (Fsp3) is 0.600. The average molecular weight is 404 g/mol. The smallest absolute Gasteiger partial charge is 0.303 e. The van der Waals surface area contributed by atoms with Gasteiger partial charge in [-0.1, -0.05) is 32.0 Å². The summed E-state index contributed by atoms with van der Waals surface area (Å²) in [6.45, 7) is 5.28. The number of rotatable bonds is 7. The minimum absolute atomic E-state index is 0.139. The predicted octanol–water partition coefficient (Wildman–Crippen LogP) is 4.18. The highest BCUT2D eigenvalue weighted by Gasteiger charge is 2.36. The van der Waals surface area contributed by atoms with Gasteiger partial charge >= 0.3 is 5.97 Å². The van der Waals surface area contributed by atoms with Gasteiger partial charge < -0.3 is 15.3 Å². The molecule has 0 radical (unpaired) electrons. The highest BCUT2D eigenvalue weighted by molar-refractivity contribution is 8.04. The van der Waals surface area contributed by atoms with Crippen molar-refractivity contribution in [2.24, 2.45) is 10.4 Å². The van der Waals surface area contributed by atoms with Crippen LogP contribution in [0.2, 0.25) is 0 Å². The Morgan fingerprint density at radius 3 is 2.79 bits per heavy atom. The van der Waals surface area contributed by atoms with Gasteiger partial charge in [0.2, 0.25) is 0 Å². The molecule has 1 aliphatic carbocycles. The molecule has 0 bridgehead atoms. The van der Waals surface area contributed by atoms with Crippen LogP contribution < -0.4 is 10.2 Å². The Balaban J connectivity index is 1.77. The topological polar surface area (TPSA) is 90.7 Å². The number of anilines is 2. The number of nitrogens with zero attached hydrogens (tertiary/aromatic N) is 4. The summed E-state index contributed by atoms with van der Waals surface area (Å²) < 4.78 is 0. The number of carboxylic acids is 1. The van der Waals surface area contributed by atoms with Gasteiger partial charge in [0.1, 0.15) is 17.0 Å². The van der Waals surface area contributed by atoms with E-state index in [1.165, 1.54) is 10.6 Å². The number of fused-ring (bicyclic) bond motifs is 1. The minimum Gasteiger partial charge on any atom is -0.481 e. The molecule has 1 aromatic heterocycles. The summed E-state index contributed by atoms with van der Waals surface area (Å²) in [7, 11) is 3.97. The summed E-state index contributed by atoms with van der Waals surface area (Å²) in [6, 6.07) is 0. The molecule has 1 aliphatic heterocycles. The normalized spacial score (nSPS) is 19.1. The average Bonchev–Trinajstić information content (AvgIpc) is 2.61. The molecule has 8 heteroatoms. The number of hydrogen-bond acceptors (Lipinski definition) is 7. The van der Waals surface area contributed by atoms with Crippen molar-refractivity contribution in [3.05, 3.63) is 16.9 Å². The van der Waals surface area contributed by atoms with Crippen molar-refractivity contribution in [2.75, 3.05) is 30.9 Å². The minimum atomic E-state index is -0.724. The maximum Gasteiger partial charge on any atom is 0.303 e. The highest BCUT2D eigenvalue weighted by atomic mass is 32.2. The first kappa shape index (κ1) is 20.6. The fourth-order valence-corrected chi connectivity index (χ4v) is 4.63. The lowest BCUT2D eigenvalue weighted by atomic mass is 9.78. The molecule has 0 fully saturated rings. The van der Waals surface area contributed by atoms with Gasteiger partial charge in [0.25, 0.3) is 0 Å². The Labute approximate surface area is 170 Å². The second-order valence-electron chi connectivity index (χ2n) is 8.36. The van der Waals surface area contributed by atoms with Crippen molar-refractivity contribution in [2.45, 2.75) is 57.4 Å². The zero-order valence-corrected chi connectivity index (χ0v) is 17.9. The van der Waals surface area contributed by atoms with Crippen molar-refractivity contribution in [3.8, 4) is 0 Å². The Morgan fingerprint density at radius 2 is 2.07 bits per heavy atom. The summed E-state index contributed by atoms with van der Waals surface area (Å²) >= 11 is 1.68. The number of thioether (sulfide) groups is 1. The van der Waals surface area contributed by atoms with E-state index in [-0.39, 0.29) is 11.8 Å². The van der Waals surface area contributed by atoms with Gasteiger partial charge in [-0.05, 0) is 31.1 Å². The van der Waals surface area contributed by atoms with Gasteiger partial charge in [-0.25, -0.2) is 9.97 Å². The van der Waals surface area contributed by atoms with Crippen LogP contribution in [0.5, 0.6) is 0 Å². The number of hydrogen-bond donors (Lipinski definition) is 2. The Kier molecular flexibility index (Phi) is 6.27. The van der Waals surface area contributed by atoms with Gasteiger partial charge in [0.15, 0.2) is 5.82 Å². The molecule has 3 rings (SSSR count). The first-order chi connectivity index (χ1) is 13.3. The lowest BCUT2D eigenvalue weighted by molar-refractivity contribution is -0.137. The molecule has 0 atom stereocenters. The molecule has 0 unspecified atom stereocenters. The Morgan fingerprint density at radius 1 is 1.29 bits per heavy atom. The zero-order valence-electron chi connectivity index (χ0n) is 17.1. The number of carboxylic acid groups (broad SMARTS) is 1. The van der Waals surface area contributed by atoms with Crippen molar-refractivity contribution in [1.29, 1.82) is 0 Å². The molecular weight excluding hydrogens is 374 g/mol. The van der Waals surface area contributed by atoms with Crippen LogP contribution in [0.1, 0.15) is 52.4 Å². The van der Waals surface area contributed by atoms with Crippen molar-refractivity contribution >= 4 is 34.9 Å². The van der Waals surface area contributed by atoms with Gasteiger partial charge in [-0.3, -0.25) is 9.79 Å². The molecular formula is C20H29N5O2S. The number of allylic oxidation sites excluding steroid dienone is 2. The summed E-state index contributed by atoms with van der Waals surface area (Å²) in [5.41, 5.74) is 3.45. The predicted molar refractivity (Wildman–Crippen MR) is 114 cm³/mol. The molecule has 28 heavy (non-hydrogen) atoms. The van der Waals surface area contributed by atoms with Crippen molar-refractivity contribution < 1.29 is 9.90 Å². The van der Waals surface area contributed by atoms with E-state index in [2.05, 4.69) is 29.1 Å². The largest absolute Gasteiger partial charge is 0.481 e. The number of carbonyl (C=O) groups is 1. The second-order valence-corrected chi connectivity index (χ2v) is 9.36. The van der Waals surface area contributed by atoms with Crippen LogP contribution in [0.3, 0.4) is 0 Å². The van der Waals surface area contributed by atoms with E-state index in [9.17, 15) is 4.79 Å². The first-order valence-electron chi connectivity index (χ1n) is 9.73. The third kappa shape index (κ3) is 4.84. The van der Waals surface area contributed by atoms with Crippen LogP contribution in [0.25, 0.3) is 0 Å². The lowest BCUT2D eigenvalue weighted by Gasteiger charge is -2.37. The molecule has 2 aliphatic rings. The molecule has 7 nitrogen and oxygen atoms in total. The molecule has 0 amide bonds. The molecule has 2 heterocycles. The van der Waals surface area contributed by atoms with Crippen LogP contribution in [-0.2, 0) is 4.79 Å². The van der Waals surface area contributed by atoms with Crippen LogP contribution in [0.15, 0.2) is 26.9 Å². The van der Waals surface area contributed by atoms with E-state index in [0.29, 0.717) is 6.42 Å². The van der Waals surface area contributed by atoms with Gasteiger partial charge in [-0.15, -0.1) is 0 Å². The number of aliphatic imine (C=N–C) groups is 1. The number of aromatic nitrogens is 2. The maximum atomic E-state index is 10.6. The number of unbranched alkanes of at least 4 members (excludes halogenated alkanes) is 2. The number of aliphatic carboxylic acids is 1. The third-order valence-electron chi connectivity index (χ3n) is 4.88. The van der Waals surface area contributed by atoms with Crippen LogP contribution in [0.4, 0.5) is 11.5 Å². The molecule has 152 valence electrons. The van der Waals surface area contributed by atoms with Gasteiger partial charge in [0.05, 0.1) is 10.6 Å². The van der Waals surface area contributed by atoms with Gasteiger partial charge in [0, 0.05) is 32.8 Å². The van der Waals surface area contributed by atoms with Crippen LogP contribution in [0, 0.1) is 5.41 Å². The fourth-order valence-electron chi connectivity index (χ4n) is 3.59. The van der Waals surface area contributed by atoms with Crippen LogP contribution in [-0.4, -0.2) is 47.4 Å². The van der Waals surface area contributed by atoms with E-state index in [4.69, 9.17) is 10.1 Å². The molecule has 0 saturated carbocycles. The second kappa shape index (κ2) is 8.51. The van der Waals surface area contributed by atoms with E-state index in [1.807, 2.05) is 19.0 Å². The molecule has 0 aromatic carbocycles. The first-order valence-corrected chi connectivity index (χ1v) is 10.5. The lowest BCUT2D eigenvalue weighted by Crippen LogP contribution is -2.30. The maximum absolute atomic E-state index is 10.6. The van der Waals surface area contributed by atoms with Crippen molar-refractivity contribution in [1.82, 2.24) is 9.97 Å². The SMILES string of the molecule is CN(C)c1ncnc2c1NC1=C(S2)C(=NCCCCCC(=O)O)CC(C)(C)C1. The Bertz CT molecular complexity index is 817. The van der Waals surface area contributed by atoms with E-state index < -0.39 is 5.97 Å². The third-order valence-corrected chi connectivity index (χ3v) is 6.07. The summed E-state index contributed by atoms with van der Waals surface area (Å²) in [4.78, 5) is 27.6. The summed E-state index contributed by atoms with van der Waals surface area (Å²) in [5.74, 6) is 0.168.